The lowest BCUT2D eigenvalue weighted by molar-refractivity contribution is 0.720. The molecular formula is C25H29N7O. The van der Waals surface area contributed by atoms with Crippen LogP contribution in [0, 0.1) is 0 Å². The molecule has 5 rings (SSSR count). The summed E-state index contributed by atoms with van der Waals surface area (Å²) in [6.45, 7) is 4.78. The average Bonchev–Trinajstić information content (AvgIpc) is 3.01. The first-order valence-electron chi connectivity index (χ1n) is 11.5. The first-order valence-corrected chi connectivity index (χ1v) is 11.5. The molecule has 33 heavy (non-hydrogen) atoms. The third kappa shape index (κ3) is 4.47. The second-order valence-electron chi connectivity index (χ2n) is 8.39. The summed E-state index contributed by atoms with van der Waals surface area (Å²) in [5, 5.41) is 6.75. The van der Waals surface area contributed by atoms with Gasteiger partial charge in [-0.15, -0.1) is 0 Å². The molecular weight excluding hydrogens is 414 g/mol. The molecule has 8 heteroatoms. The number of nitrogens with one attached hydrogen (secondary N) is 2. The number of nitrogens with zero attached hydrogens (tertiary/aromatic N) is 5. The highest BCUT2D eigenvalue weighted by atomic mass is 16.1. The number of hydrogen-bond donors (Lipinski definition) is 2. The van der Waals surface area contributed by atoms with Crippen molar-refractivity contribution in [3.05, 3.63) is 82.1 Å². The number of aromatic nitrogens is 4. The zero-order valence-electron chi connectivity index (χ0n) is 18.9. The van der Waals surface area contributed by atoms with Crippen molar-refractivity contribution < 1.29 is 0 Å². The molecule has 1 saturated heterocycles. The van der Waals surface area contributed by atoms with Crippen molar-refractivity contribution in [2.45, 2.75) is 19.5 Å². The predicted octanol–water partition coefficient (Wildman–Crippen LogP) is 2.59. The summed E-state index contributed by atoms with van der Waals surface area (Å²) >= 11 is 0. The third-order valence-electron chi connectivity index (χ3n) is 6.07. The van der Waals surface area contributed by atoms with E-state index >= 15 is 0 Å². The maximum Gasteiger partial charge on any atom is 0.281 e. The maximum atomic E-state index is 13.5. The Labute approximate surface area is 192 Å². The largest absolute Gasteiger partial charge is 0.351 e. The second-order valence-corrected chi connectivity index (χ2v) is 8.39. The van der Waals surface area contributed by atoms with Crippen molar-refractivity contribution >= 4 is 23.1 Å². The number of hydrogen-bond acceptors (Lipinski definition) is 6. The van der Waals surface area contributed by atoms with Gasteiger partial charge in [-0.3, -0.25) is 13.9 Å². The van der Waals surface area contributed by atoms with Crippen LogP contribution >= 0.6 is 0 Å². The molecule has 4 aromatic rings. The molecule has 3 heterocycles. The van der Waals surface area contributed by atoms with Crippen LogP contribution in [-0.4, -0.2) is 45.3 Å². The summed E-state index contributed by atoms with van der Waals surface area (Å²) in [5.74, 6) is 1.33. The average molecular weight is 444 g/mol. The van der Waals surface area contributed by atoms with Gasteiger partial charge in [0.15, 0.2) is 11.2 Å². The zero-order valence-corrected chi connectivity index (χ0v) is 18.9. The Hall–Kier alpha value is -3.65. The molecule has 2 aromatic carbocycles. The first-order chi connectivity index (χ1) is 16.2. The Balaban J connectivity index is 1.58. The van der Waals surface area contributed by atoms with Gasteiger partial charge in [0.25, 0.3) is 5.56 Å². The molecule has 0 amide bonds. The molecule has 0 unspecified atom stereocenters. The van der Waals surface area contributed by atoms with E-state index in [1.165, 1.54) is 0 Å². The fourth-order valence-corrected chi connectivity index (χ4v) is 4.29. The Morgan fingerprint density at radius 1 is 0.939 bits per heavy atom. The smallest absolute Gasteiger partial charge is 0.281 e. The molecule has 8 nitrogen and oxygen atoms in total. The molecule has 1 aliphatic heterocycles. The van der Waals surface area contributed by atoms with Gasteiger partial charge in [-0.25, -0.2) is 0 Å². The molecule has 2 N–H and O–H groups in total. The van der Waals surface area contributed by atoms with Gasteiger partial charge in [0.05, 0.1) is 6.54 Å². The Kier molecular flexibility index (Phi) is 6.08. The van der Waals surface area contributed by atoms with E-state index in [1.54, 1.807) is 11.6 Å². The standard InChI is InChI=1S/C25H29N7O/c1-30-23(33)21-22(28-24(30)27-17-19-9-4-2-5-10-19)29-25(31-15-8-13-26-14-16-31)32(21)18-20-11-6-3-7-12-20/h2-7,9-12,26H,8,13-18H2,1H3,(H,27,28). The van der Waals surface area contributed by atoms with Gasteiger partial charge in [0.2, 0.25) is 11.9 Å². The SMILES string of the molecule is Cn1c(NCc2ccccc2)nc2nc(N3CCCNCC3)n(Cc3ccccc3)c2c1=O. The van der Waals surface area contributed by atoms with Crippen LogP contribution in [0.1, 0.15) is 17.5 Å². The molecule has 0 saturated carbocycles. The highest BCUT2D eigenvalue weighted by molar-refractivity contribution is 5.75. The zero-order chi connectivity index (χ0) is 22.6. The summed E-state index contributed by atoms with van der Waals surface area (Å²) in [7, 11) is 1.76. The van der Waals surface area contributed by atoms with Crippen molar-refractivity contribution in [1.29, 1.82) is 0 Å². The van der Waals surface area contributed by atoms with E-state index in [1.807, 2.05) is 53.1 Å². The topological polar surface area (TPSA) is 80.0 Å². The van der Waals surface area contributed by atoms with Crippen LogP contribution < -0.4 is 21.1 Å². The van der Waals surface area contributed by atoms with Crippen LogP contribution in [0.15, 0.2) is 65.5 Å². The Morgan fingerprint density at radius 3 is 2.42 bits per heavy atom. The van der Waals surface area contributed by atoms with Crippen LogP contribution in [0.5, 0.6) is 0 Å². The number of imidazole rings is 1. The van der Waals surface area contributed by atoms with Gasteiger partial charge in [0.1, 0.15) is 0 Å². The molecule has 0 radical (unpaired) electrons. The molecule has 0 spiro atoms. The lowest BCUT2D eigenvalue weighted by Gasteiger charge is -2.22. The third-order valence-corrected chi connectivity index (χ3v) is 6.07. The summed E-state index contributed by atoms with van der Waals surface area (Å²) in [4.78, 5) is 25.4. The quantitative estimate of drug-likeness (QED) is 0.477. The van der Waals surface area contributed by atoms with Crippen molar-refractivity contribution in [1.82, 2.24) is 24.4 Å². The van der Waals surface area contributed by atoms with Crippen molar-refractivity contribution in [3.8, 4) is 0 Å². The summed E-state index contributed by atoms with van der Waals surface area (Å²) < 4.78 is 3.62. The highest BCUT2D eigenvalue weighted by Crippen LogP contribution is 2.23. The van der Waals surface area contributed by atoms with E-state index < -0.39 is 0 Å². The molecule has 0 bridgehead atoms. The predicted molar refractivity (Wildman–Crippen MR) is 132 cm³/mol. The Morgan fingerprint density at radius 2 is 1.67 bits per heavy atom. The van der Waals surface area contributed by atoms with Crippen LogP contribution in [0.4, 0.5) is 11.9 Å². The fourth-order valence-electron chi connectivity index (χ4n) is 4.29. The minimum Gasteiger partial charge on any atom is -0.351 e. The van der Waals surface area contributed by atoms with Crippen LogP contribution in [0.3, 0.4) is 0 Å². The number of fused-ring (bicyclic) bond motifs is 1. The second kappa shape index (κ2) is 9.46. The van der Waals surface area contributed by atoms with Gasteiger partial charge >= 0.3 is 0 Å². The summed E-state index contributed by atoms with van der Waals surface area (Å²) in [5.41, 5.74) is 3.17. The van der Waals surface area contributed by atoms with Gasteiger partial charge in [0, 0.05) is 33.2 Å². The van der Waals surface area contributed by atoms with E-state index in [-0.39, 0.29) is 5.56 Å². The van der Waals surface area contributed by atoms with Crippen molar-refractivity contribution in [3.63, 3.8) is 0 Å². The minimum absolute atomic E-state index is 0.0989. The van der Waals surface area contributed by atoms with Gasteiger partial charge in [-0.05, 0) is 24.1 Å². The van der Waals surface area contributed by atoms with Gasteiger partial charge in [-0.2, -0.15) is 9.97 Å². The lowest BCUT2D eigenvalue weighted by atomic mass is 10.2. The van der Waals surface area contributed by atoms with Crippen LogP contribution in [-0.2, 0) is 20.1 Å². The van der Waals surface area contributed by atoms with Crippen molar-refractivity contribution in [2.24, 2.45) is 7.05 Å². The highest BCUT2D eigenvalue weighted by Gasteiger charge is 2.23. The van der Waals surface area contributed by atoms with E-state index in [4.69, 9.17) is 9.97 Å². The van der Waals surface area contributed by atoms with E-state index in [9.17, 15) is 4.79 Å². The molecule has 1 aliphatic rings. The molecule has 2 aromatic heterocycles. The normalized spacial score (nSPS) is 14.4. The summed E-state index contributed by atoms with van der Waals surface area (Å²) in [6.07, 6.45) is 1.03. The first kappa shape index (κ1) is 21.2. The number of benzene rings is 2. The number of anilines is 2. The van der Waals surface area contributed by atoms with Gasteiger partial charge < -0.3 is 15.5 Å². The van der Waals surface area contributed by atoms with E-state index in [0.717, 1.165) is 49.7 Å². The van der Waals surface area contributed by atoms with Crippen molar-refractivity contribution in [2.75, 3.05) is 36.4 Å². The lowest BCUT2D eigenvalue weighted by Crippen LogP contribution is -2.31. The van der Waals surface area contributed by atoms with Crippen LogP contribution in [0.2, 0.25) is 0 Å². The van der Waals surface area contributed by atoms with E-state index in [2.05, 4.69) is 27.7 Å². The Bertz CT molecular complexity index is 1270. The molecule has 0 atom stereocenters. The fraction of sp³-hybridized carbons (Fsp3) is 0.320. The van der Waals surface area contributed by atoms with Crippen LogP contribution in [0.25, 0.3) is 11.2 Å². The molecule has 1 fully saturated rings. The van der Waals surface area contributed by atoms with Gasteiger partial charge in [-0.1, -0.05) is 60.7 Å². The van der Waals surface area contributed by atoms with E-state index in [0.29, 0.717) is 30.2 Å². The maximum absolute atomic E-state index is 13.5. The summed E-state index contributed by atoms with van der Waals surface area (Å²) in [6, 6.07) is 20.3. The molecule has 0 aliphatic carbocycles. The minimum atomic E-state index is -0.0989. The molecule has 170 valence electrons. The number of rotatable bonds is 6. The monoisotopic (exact) mass is 443 g/mol.